The predicted molar refractivity (Wildman–Crippen MR) is 220 cm³/mol. The molecule has 5 N–H and O–H groups in total. The van der Waals surface area contributed by atoms with Crippen LogP contribution < -0.4 is 26.3 Å². The molecule has 0 bridgehead atoms. The van der Waals surface area contributed by atoms with Crippen LogP contribution in [0, 0.1) is 0 Å². The first-order chi connectivity index (χ1) is 27.5. The molecule has 2 aliphatic heterocycles. The van der Waals surface area contributed by atoms with Crippen molar-refractivity contribution in [3.05, 3.63) is 107 Å². The summed E-state index contributed by atoms with van der Waals surface area (Å²) < 4.78 is 53.1. The van der Waals surface area contributed by atoms with E-state index in [0.29, 0.717) is 24.7 Å². The molecule has 5 rings (SSSR count). The molecule has 312 valence electrons. The van der Waals surface area contributed by atoms with Gasteiger partial charge >= 0.3 is 6.03 Å². The molecule has 6 unspecified atom stereocenters. The van der Waals surface area contributed by atoms with E-state index in [1.165, 1.54) is 4.90 Å². The van der Waals surface area contributed by atoms with E-state index >= 15 is 0 Å². The van der Waals surface area contributed by atoms with Gasteiger partial charge in [-0.1, -0.05) is 54.6 Å². The topological polar surface area (TPSA) is 161 Å². The Morgan fingerprint density at radius 2 is 1.42 bits per heavy atom. The normalized spacial score (nSPS) is 21.9. The number of amides is 2. The second-order valence-corrected chi connectivity index (χ2v) is 15.8. The molecule has 0 aromatic heterocycles. The zero-order chi connectivity index (χ0) is 41.1. The summed E-state index contributed by atoms with van der Waals surface area (Å²) in [5, 5.41) is 2.83. The molecule has 3 aromatic rings. The number of carbonyl (C=O) groups is 1. The van der Waals surface area contributed by atoms with E-state index in [4.69, 9.17) is 48.9 Å². The molecule has 6 atom stereocenters. The van der Waals surface area contributed by atoms with E-state index in [1.54, 1.807) is 27.5 Å². The number of nitrogens with one attached hydrogen (secondary N) is 1. The lowest BCUT2D eigenvalue weighted by Crippen LogP contribution is -2.57. The number of benzene rings is 3. The van der Waals surface area contributed by atoms with Crippen LogP contribution in [0.1, 0.15) is 51.3 Å². The van der Waals surface area contributed by atoms with Crippen LogP contribution in [0.2, 0.25) is 0 Å². The Kier molecular flexibility index (Phi) is 16.3. The molecule has 0 radical (unpaired) electrons. The Labute approximate surface area is 338 Å². The third kappa shape index (κ3) is 10.3. The largest absolute Gasteiger partial charge is 0.497 e. The van der Waals surface area contributed by atoms with Gasteiger partial charge < -0.3 is 54.3 Å². The van der Waals surface area contributed by atoms with Gasteiger partial charge in [-0.25, -0.2) is 9.46 Å². The van der Waals surface area contributed by atoms with Crippen LogP contribution >= 0.6 is 8.53 Å². The summed E-state index contributed by atoms with van der Waals surface area (Å²) in [6.07, 6.45) is -2.27. The third-order valence-corrected chi connectivity index (χ3v) is 12.0. The SMILES string of the molecule is COCCOC1C(OP(OCCN)N(C(C)C)C(C)C)C(COC(c2ccccc2)(c2ccc(OC)cc2)c2ccc(OC)cc2)OC1N1C=C(C)C(N)NC1=O. The van der Waals surface area contributed by atoms with E-state index in [0.717, 1.165) is 22.3 Å². The van der Waals surface area contributed by atoms with Gasteiger partial charge in [-0.3, -0.25) is 4.90 Å². The van der Waals surface area contributed by atoms with Crippen LogP contribution in [-0.2, 0) is 33.6 Å². The van der Waals surface area contributed by atoms with Crippen LogP contribution in [0.3, 0.4) is 0 Å². The molecule has 1 fully saturated rings. The highest BCUT2D eigenvalue weighted by Crippen LogP contribution is 2.50. The van der Waals surface area contributed by atoms with Crippen molar-refractivity contribution < 1.29 is 42.3 Å². The summed E-state index contributed by atoms with van der Waals surface area (Å²) in [7, 11) is 3.16. The smallest absolute Gasteiger partial charge is 0.325 e. The average molecular weight is 810 g/mol. The minimum absolute atomic E-state index is 0.000649. The van der Waals surface area contributed by atoms with Crippen LogP contribution in [0.25, 0.3) is 0 Å². The average Bonchev–Trinajstić information content (AvgIpc) is 3.55. The summed E-state index contributed by atoms with van der Waals surface area (Å²) in [6, 6.07) is 25.3. The lowest BCUT2D eigenvalue weighted by atomic mass is 9.80. The van der Waals surface area contributed by atoms with E-state index in [1.807, 2.05) is 85.8 Å². The maximum atomic E-state index is 13.6. The molecule has 14 nitrogen and oxygen atoms in total. The Hall–Kier alpha value is -3.66. The van der Waals surface area contributed by atoms with Crippen LogP contribution in [-0.4, -0.2) is 113 Å². The molecule has 0 aliphatic carbocycles. The number of nitrogens with two attached hydrogens (primary N) is 2. The number of rotatable bonds is 21. The Balaban J connectivity index is 1.66. The number of hydrogen-bond donors (Lipinski definition) is 3. The molecule has 3 aromatic carbocycles. The standard InChI is InChI=1S/C42H60N5O9P/c1-28(2)47(29(3)4)57(54-23-22-43)56-37-36(55-40(38(37)52-25-24-49-6)46-26-30(5)39(44)45-41(46)48)27-53-42(31-12-10-9-11-13-31,32-14-18-34(50-7)19-15-32)33-16-20-35(51-8)21-17-33/h9-21,26,28-29,36-40H,22-25,27,43-44H2,1-8H3,(H,45,48). The number of urea groups is 1. The number of nitrogens with zero attached hydrogens (tertiary/aromatic N) is 2. The summed E-state index contributed by atoms with van der Waals surface area (Å²) in [5.41, 5.74) is 14.3. The van der Waals surface area contributed by atoms with Crippen molar-refractivity contribution in [2.45, 2.75) is 83.0 Å². The fourth-order valence-corrected chi connectivity index (χ4v) is 8.93. The first-order valence-electron chi connectivity index (χ1n) is 19.3. The number of ether oxygens (including phenoxy) is 6. The van der Waals surface area contributed by atoms with Crippen molar-refractivity contribution in [1.82, 2.24) is 14.9 Å². The molecule has 15 heteroatoms. The van der Waals surface area contributed by atoms with Crippen molar-refractivity contribution in [1.29, 1.82) is 0 Å². The Bertz CT molecular complexity index is 1660. The second-order valence-electron chi connectivity index (χ2n) is 14.4. The van der Waals surface area contributed by atoms with Crippen molar-refractivity contribution in [2.24, 2.45) is 11.5 Å². The molecule has 1 saturated heterocycles. The molecule has 2 heterocycles. The zero-order valence-electron chi connectivity index (χ0n) is 34.3. The van der Waals surface area contributed by atoms with Crippen molar-refractivity contribution >= 4 is 14.6 Å². The maximum absolute atomic E-state index is 13.6. The lowest BCUT2D eigenvalue weighted by Gasteiger charge is -2.39. The van der Waals surface area contributed by atoms with E-state index < -0.39 is 50.9 Å². The summed E-state index contributed by atoms with van der Waals surface area (Å²) >= 11 is 0. The number of carbonyl (C=O) groups excluding carboxylic acids is 1. The van der Waals surface area contributed by atoms with Gasteiger partial charge in [-0.05, 0) is 81.1 Å². The van der Waals surface area contributed by atoms with Gasteiger partial charge in [0.25, 0.3) is 8.53 Å². The van der Waals surface area contributed by atoms with Gasteiger partial charge in [0.15, 0.2) is 6.23 Å². The highest BCUT2D eigenvalue weighted by Gasteiger charge is 2.53. The van der Waals surface area contributed by atoms with E-state index in [-0.39, 0.29) is 31.9 Å². The summed E-state index contributed by atoms with van der Waals surface area (Å²) in [5.74, 6) is 1.41. The third-order valence-electron chi connectivity index (χ3n) is 9.92. The molecule has 2 amide bonds. The molecule has 2 aliphatic rings. The fourth-order valence-electron chi connectivity index (χ4n) is 7.15. The van der Waals surface area contributed by atoms with Crippen molar-refractivity contribution in [2.75, 3.05) is 54.3 Å². The Morgan fingerprint density at radius 3 is 1.95 bits per heavy atom. The first kappa shape index (κ1) is 44.4. The molecule has 0 spiro atoms. The summed E-state index contributed by atoms with van der Waals surface area (Å²) in [6.45, 7) is 11.3. The van der Waals surface area contributed by atoms with E-state index in [9.17, 15) is 4.79 Å². The minimum atomic E-state index is -1.71. The number of methoxy groups -OCH3 is 3. The molecule has 57 heavy (non-hydrogen) atoms. The molecular weight excluding hydrogens is 749 g/mol. The maximum Gasteiger partial charge on any atom is 0.325 e. The zero-order valence-corrected chi connectivity index (χ0v) is 35.2. The predicted octanol–water partition coefficient (Wildman–Crippen LogP) is 5.69. The monoisotopic (exact) mass is 809 g/mol. The molecule has 0 saturated carbocycles. The fraction of sp³-hybridized carbons (Fsp3) is 0.500. The first-order valence-corrected chi connectivity index (χ1v) is 20.5. The van der Waals surface area contributed by atoms with E-state index in [2.05, 4.69) is 37.7 Å². The van der Waals surface area contributed by atoms with Crippen molar-refractivity contribution in [3.63, 3.8) is 0 Å². The summed E-state index contributed by atoms with van der Waals surface area (Å²) in [4.78, 5) is 15.1. The van der Waals surface area contributed by atoms with Gasteiger partial charge in [0.05, 0.1) is 40.6 Å². The second kappa shape index (κ2) is 20.9. The Morgan fingerprint density at radius 1 is 0.842 bits per heavy atom. The van der Waals surface area contributed by atoms with Gasteiger partial charge in [0, 0.05) is 31.9 Å². The number of hydrogen-bond acceptors (Lipinski definition) is 12. The lowest BCUT2D eigenvalue weighted by molar-refractivity contribution is -0.105. The van der Waals surface area contributed by atoms with Gasteiger partial charge in [0.1, 0.15) is 41.6 Å². The minimum Gasteiger partial charge on any atom is -0.497 e. The van der Waals surface area contributed by atoms with Crippen molar-refractivity contribution in [3.8, 4) is 11.5 Å². The van der Waals surface area contributed by atoms with Crippen LogP contribution in [0.5, 0.6) is 11.5 Å². The van der Waals surface area contributed by atoms with Gasteiger partial charge in [0.2, 0.25) is 0 Å². The van der Waals surface area contributed by atoms with Gasteiger partial charge in [-0.2, -0.15) is 0 Å². The quantitative estimate of drug-likeness (QED) is 0.0687. The van der Waals surface area contributed by atoms with Crippen LogP contribution in [0.15, 0.2) is 90.6 Å². The highest BCUT2D eigenvalue weighted by atomic mass is 31.2. The van der Waals surface area contributed by atoms with Gasteiger partial charge in [-0.15, -0.1) is 0 Å². The highest BCUT2D eigenvalue weighted by molar-refractivity contribution is 7.44. The van der Waals surface area contributed by atoms with Crippen LogP contribution in [0.4, 0.5) is 4.79 Å². The molecular formula is C42H60N5O9P.